The zero-order valence-electron chi connectivity index (χ0n) is 28.2. The molecule has 0 radical (unpaired) electrons. The van der Waals surface area contributed by atoms with Crippen LogP contribution < -0.4 is 27.4 Å². The van der Waals surface area contributed by atoms with Crippen molar-refractivity contribution in [2.45, 2.75) is 142 Å². The van der Waals surface area contributed by atoms with E-state index >= 15 is 0 Å². The first kappa shape index (κ1) is 41.5. The van der Waals surface area contributed by atoms with Crippen molar-refractivity contribution >= 4 is 41.4 Å². The van der Waals surface area contributed by atoms with Gasteiger partial charge < -0.3 is 46.7 Å². The van der Waals surface area contributed by atoms with Crippen LogP contribution in [0.25, 0.3) is 0 Å². The lowest BCUT2D eigenvalue weighted by molar-refractivity contribution is -0.153. The molecule has 0 rings (SSSR count). The van der Waals surface area contributed by atoms with Crippen molar-refractivity contribution in [3.63, 3.8) is 0 Å². The molecule has 0 bridgehead atoms. The van der Waals surface area contributed by atoms with Crippen LogP contribution in [0, 0.1) is 0 Å². The maximum Gasteiger partial charge on any atom is 0.328 e. The van der Waals surface area contributed by atoms with Gasteiger partial charge in [0.25, 0.3) is 0 Å². The van der Waals surface area contributed by atoms with E-state index in [4.69, 9.17) is 25.7 Å². The number of ether oxygens (including phenoxy) is 3. The lowest BCUT2D eigenvalue weighted by Crippen LogP contribution is -2.64. The van der Waals surface area contributed by atoms with E-state index in [9.17, 15) is 29.1 Å². The minimum absolute atomic E-state index is 0.0341. The van der Waals surface area contributed by atoms with Crippen molar-refractivity contribution in [2.24, 2.45) is 11.5 Å². The summed E-state index contributed by atoms with van der Waals surface area (Å²) in [4.78, 5) is 63.5. The van der Waals surface area contributed by atoms with Gasteiger partial charge in [-0.15, -0.1) is 11.8 Å². The largest absolute Gasteiger partial charge is 0.480 e. The molecule has 4 amide bonds. The molecule has 0 aliphatic heterocycles. The molecule has 0 aliphatic carbocycles. The van der Waals surface area contributed by atoms with Crippen molar-refractivity contribution in [1.82, 2.24) is 16.0 Å². The number of carbonyl (C=O) groups excluding carboxylic acids is 4. The third-order valence-electron chi connectivity index (χ3n) is 5.63. The second-order valence-corrected chi connectivity index (χ2v) is 14.7. The van der Waals surface area contributed by atoms with E-state index < -0.39 is 88.9 Å². The molecule has 0 unspecified atom stereocenters. The molecule has 0 saturated carbocycles. The topological polar surface area (TPSA) is 221 Å². The number of aliphatic carboxylic acids is 1. The number of carboxylic acid groups (broad SMARTS) is 1. The molecule has 0 saturated heterocycles. The zero-order valence-corrected chi connectivity index (χ0v) is 29.0. The van der Waals surface area contributed by atoms with Crippen molar-refractivity contribution in [2.75, 3.05) is 11.5 Å². The SMILES string of the molecule is C[C@@H](OC(C)(C)C)[C@H](NC(=O)[C@@H](NC(=O)[C@@H](NC(=O)[C@@H](N)CSCC(N)=O)[C@@H](C)OC(C)(C)C)[C@@H](C)OC(C)(C)C)C(=O)O. The number of carbonyl (C=O) groups is 5. The zero-order chi connectivity index (χ0) is 34.8. The van der Waals surface area contributed by atoms with Gasteiger partial charge in [0.15, 0.2) is 6.04 Å². The van der Waals surface area contributed by atoms with Crippen LogP contribution in [0.5, 0.6) is 0 Å². The quantitative estimate of drug-likeness (QED) is 0.129. The van der Waals surface area contributed by atoms with Gasteiger partial charge in [0.1, 0.15) is 12.1 Å². The summed E-state index contributed by atoms with van der Waals surface area (Å²) in [5.41, 5.74) is 9.00. The van der Waals surface area contributed by atoms with E-state index in [-0.39, 0.29) is 11.5 Å². The molecule has 44 heavy (non-hydrogen) atoms. The molecule has 0 aromatic heterocycles. The molecule has 0 aromatic carbocycles. The van der Waals surface area contributed by atoms with E-state index in [0.29, 0.717) is 0 Å². The lowest BCUT2D eigenvalue weighted by atomic mass is 10.0. The van der Waals surface area contributed by atoms with Gasteiger partial charge in [-0.25, -0.2) is 4.79 Å². The molecule has 0 spiro atoms. The highest BCUT2D eigenvalue weighted by atomic mass is 32.2. The standard InChI is InChI=1S/C29H55N5O9S/c1-15(41-27(4,5)6)20(32-23(36)18(30)13-44-14-19(31)35)24(37)33-21(16(2)42-28(7,8)9)25(38)34-22(26(39)40)17(3)43-29(10,11)12/h15-18,20-22H,13-14,30H2,1-12H3,(H2,31,35)(H,32,36)(H,33,37)(H,34,38)(H,39,40)/t15-,16-,17-,18+,20+,21+,22+/m1/s1. The van der Waals surface area contributed by atoms with Crippen molar-refractivity contribution in [3.8, 4) is 0 Å². The molecular formula is C29H55N5O9S. The normalized spacial score (nSPS) is 17.3. The predicted molar refractivity (Wildman–Crippen MR) is 169 cm³/mol. The average Bonchev–Trinajstić information content (AvgIpc) is 2.79. The first-order valence-electron chi connectivity index (χ1n) is 14.5. The van der Waals surface area contributed by atoms with Crippen molar-refractivity contribution < 1.29 is 43.3 Å². The summed E-state index contributed by atoms with van der Waals surface area (Å²) in [5.74, 6) is -4.18. The molecule has 15 heteroatoms. The van der Waals surface area contributed by atoms with Crippen LogP contribution in [0.15, 0.2) is 0 Å². The van der Waals surface area contributed by atoms with E-state index in [1.807, 2.05) is 0 Å². The first-order valence-corrected chi connectivity index (χ1v) is 15.7. The van der Waals surface area contributed by atoms with Gasteiger partial charge in [-0.05, 0) is 83.1 Å². The van der Waals surface area contributed by atoms with Gasteiger partial charge in [-0.2, -0.15) is 0 Å². The Morgan fingerprint density at radius 2 is 0.977 bits per heavy atom. The summed E-state index contributed by atoms with van der Waals surface area (Å²) in [7, 11) is 0. The van der Waals surface area contributed by atoms with E-state index in [1.54, 1.807) is 76.2 Å². The Morgan fingerprint density at radius 1 is 0.659 bits per heavy atom. The molecule has 0 aliphatic rings. The molecule has 14 nitrogen and oxygen atoms in total. The number of nitrogens with two attached hydrogens (primary N) is 2. The molecular weight excluding hydrogens is 594 g/mol. The van der Waals surface area contributed by atoms with Gasteiger partial charge in [0, 0.05) is 5.75 Å². The van der Waals surface area contributed by atoms with E-state index in [1.165, 1.54) is 6.92 Å². The fraction of sp³-hybridized carbons (Fsp3) is 0.828. The second kappa shape index (κ2) is 17.3. The van der Waals surface area contributed by atoms with Crippen LogP contribution in [-0.4, -0.2) is 105 Å². The van der Waals surface area contributed by atoms with Gasteiger partial charge in [0.05, 0.1) is 46.9 Å². The highest BCUT2D eigenvalue weighted by Crippen LogP contribution is 2.18. The van der Waals surface area contributed by atoms with Crippen LogP contribution in [0.1, 0.15) is 83.1 Å². The summed E-state index contributed by atoms with van der Waals surface area (Å²) in [6.45, 7) is 20.5. The highest BCUT2D eigenvalue weighted by Gasteiger charge is 2.39. The van der Waals surface area contributed by atoms with Gasteiger partial charge in [-0.3, -0.25) is 19.2 Å². The van der Waals surface area contributed by atoms with Gasteiger partial charge in [0.2, 0.25) is 23.6 Å². The molecule has 0 aromatic rings. The predicted octanol–water partition coefficient (Wildman–Crippen LogP) is 0.682. The van der Waals surface area contributed by atoms with Crippen molar-refractivity contribution in [1.29, 1.82) is 0 Å². The summed E-state index contributed by atoms with van der Waals surface area (Å²) in [5, 5.41) is 17.6. The molecule has 0 heterocycles. The minimum atomic E-state index is -1.45. The van der Waals surface area contributed by atoms with Gasteiger partial charge >= 0.3 is 5.97 Å². The Kier molecular flexibility index (Phi) is 16.3. The Hall–Kier alpha value is -2.46. The smallest absolute Gasteiger partial charge is 0.328 e. The van der Waals surface area contributed by atoms with Gasteiger partial charge in [-0.1, -0.05) is 0 Å². The molecule has 0 fully saturated rings. The molecule has 256 valence electrons. The Balaban J connectivity index is 6.31. The Labute approximate surface area is 265 Å². The van der Waals surface area contributed by atoms with E-state index in [2.05, 4.69) is 16.0 Å². The van der Waals surface area contributed by atoms with Crippen LogP contribution in [0.3, 0.4) is 0 Å². The second-order valence-electron chi connectivity index (χ2n) is 13.7. The number of hydrogen-bond donors (Lipinski definition) is 6. The van der Waals surface area contributed by atoms with Crippen LogP contribution in [-0.2, 0) is 38.2 Å². The van der Waals surface area contributed by atoms with Crippen molar-refractivity contribution in [3.05, 3.63) is 0 Å². The monoisotopic (exact) mass is 649 g/mol. The summed E-state index contributed by atoms with van der Waals surface area (Å²) >= 11 is 1.07. The summed E-state index contributed by atoms with van der Waals surface area (Å²) in [6, 6.07) is -5.23. The summed E-state index contributed by atoms with van der Waals surface area (Å²) in [6.07, 6.45) is -2.75. The number of hydrogen-bond acceptors (Lipinski definition) is 10. The third-order valence-corrected chi connectivity index (χ3v) is 6.71. The van der Waals surface area contributed by atoms with E-state index in [0.717, 1.165) is 11.8 Å². The number of thioether (sulfide) groups is 1. The van der Waals surface area contributed by atoms with Crippen LogP contribution >= 0.6 is 11.8 Å². The fourth-order valence-electron chi connectivity index (χ4n) is 4.16. The average molecular weight is 650 g/mol. The van der Waals surface area contributed by atoms with Crippen LogP contribution in [0.2, 0.25) is 0 Å². The number of primary amides is 1. The third kappa shape index (κ3) is 17.1. The number of carboxylic acids is 1. The molecule has 7 atom stereocenters. The highest BCUT2D eigenvalue weighted by molar-refractivity contribution is 8.00. The number of nitrogens with one attached hydrogen (secondary N) is 3. The maximum atomic E-state index is 13.8. The fourth-order valence-corrected chi connectivity index (χ4v) is 4.88. The minimum Gasteiger partial charge on any atom is -0.480 e. The number of rotatable bonds is 17. The summed E-state index contributed by atoms with van der Waals surface area (Å²) < 4.78 is 17.7. The number of amides is 4. The van der Waals surface area contributed by atoms with Crippen LogP contribution in [0.4, 0.5) is 0 Å². The maximum absolute atomic E-state index is 13.8. The lowest BCUT2D eigenvalue weighted by Gasteiger charge is -2.35. The first-order chi connectivity index (χ1) is 19.7. The Morgan fingerprint density at radius 3 is 1.30 bits per heavy atom. The molecule has 8 N–H and O–H groups in total. The Bertz CT molecular complexity index is 991.